The molecule has 0 spiro atoms. The first-order valence-electron chi connectivity index (χ1n) is 12.3. The molecular formula is C27H32Cl2N2O5. The first kappa shape index (κ1) is 26.6. The molecule has 2 aliphatic rings. The largest absolute Gasteiger partial charge is 0.497 e. The fourth-order valence-corrected chi connectivity index (χ4v) is 5.21. The van der Waals surface area contributed by atoms with E-state index < -0.39 is 5.97 Å². The number of amides is 1. The number of nitrogens with zero attached hydrogens (tertiary/aromatic N) is 2. The Hall–Kier alpha value is -2.48. The molecule has 2 aliphatic heterocycles. The van der Waals surface area contributed by atoms with E-state index in [4.69, 9.17) is 37.4 Å². The summed E-state index contributed by atoms with van der Waals surface area (Å²) in [5.41, 5.74) is 0.583. The molecule has 9 heteroatoms. The Morgan fingerprint density at radius 3 is 2.19 bits per heavy atom. The van der Waals surface area contributed by atoms with Gasteiger partial charge in [-0.2, -0.15) is 0 Å². The van der Waals surface area contributed by atoms with Crippen LogP contribution in [0, 0.1) is 5.92 Å². The van der Waals surface area contributed by atoms with E-state index >= 15 is 0 Å². The zero-order chi connectivity index (χ0) is 25.7. The van der Waals surface area contributed by atoms with Gasteiger partial charge in [0.1, 0.15) is 17.6 Å². The van der Waals surface area contributed by atoms with Gasteiger partial charge in [0.15, 0.2) is 0 Å². The normalized spacial score (nSPS) is 17.6. The van der Waals surface area contributed by atoms with Crippen molar-refractivity contribution < 1.29 is 23.8 Å². The van der Waals surface area contributed by atoms with Crippen molar-refractivity contribution in [2.75, 3.05) is 46.9 Å². The maximum Gasteiger partial charge on any atom is 0.338 e. The molecule has 4 rings (SSSR count). The molecule has 2 heterocycles. The molecule has 0 N–H and O–H groups in total. The molecule has 0 radical (unpaired) electrons. The summed E-state index contributed by atoms with van der Waals surface area (Å²) in [6.07, 6.45) is 3.96. The number of methoxy groups -OCH3 is 2. The Balaban J connectivity index is 1.26. The van der Waals surface area contributed by atoms with Crippen molar-refractivity contribution in [2.45, 2.75) is 31.8 Å². The number of halogens is 2. The number of carbonyl (C=O) groups excluding carboxylic acids is 2. The number of carbonyl (C=O) groups is 2. The van der Waals surface area contributed by atoms with Crippen LogP contribution in [0.25, 0.3) is 0 Å². The summed E-state index contributed by atoms with van der Waals surface area (Å²) >= 11 is 12.1. The molecule has 2 aromatic carbocycles. The molecule has 36 heavy (non-hydrogen) atoms. The van der Waals surface area contributed by atoms with E-state index in [1.54, 1.807) is 30.3 Å². The van der Waals surface area contributed by atoms with Crippen LogP contribution in [0.3, 0.4) is 0 Å². The fourth-order valence-electron chi connectivity index (χ4n) is 4.92. The summed E-state index contributed by atoms with van der Waals surface area (Å²) in [4.78, 5) is 29.8. The molecule has 1 amide bonds. The molecule has 194 valence electrons. The summed E-state index contributed by atoms with van der Waals surface area (Å²) in [6.45, 7) is 4.32. The van der Waals surface area contributed by atoms with Gasteiger partial charge in [0, 0.05) is 38.8 Å². The quantitative estimate of drug-likeness (QED) is 0.455. The number of rotatable bonds is 7. The summed E-state index contributed by atoms with van der Waals surface area (Å²) in [5.74, 6) is 1.14. The van der Waals surface area contributed by atoms with Crippen LogP contribution in [0.4, 0.5) is 0 Å². The second kappa shape index (κ2) is 12.2. The third-order valence-corrected chi connectivity index (χ3v) is 7.75. The van der Waals surface area contributed by atoms with E-state index in [-0.39, 0.29) is 17.6 Å². The summed E-state index contributed by atoms with van der Waals surface area (Å²) < 4.78 is 16.2. The van der Waals surface area contributed by atoms with Crippen molar-refractivity contribution >= 4 is 35.1 Å². The lowest BCUT2D eigenvalue weighted by Crippen LogP contribution is -2.44. The van der Waals surface area contributed by atoms with Crippen molar-refractivity contribution in [1.29, 1.82) is 0 Å². The second-order valence-electron chi connectivity index (χ2n) is 9.33. The Morgan fingerprint density at radius 1 is 0.861 bits per heavy atom. The lowest BCUT2D eigenvalue weighted by Gasteiger charge is -2.37. The van der Waals surface area contributed by atoms with E-state index in [9.17, 15) is 9.59 Å². The molecule has 0 aliphatic carbocycles. The van der Waals surface area contributed by atoms with Crippen LogP contribution in [0.2, 0.25) is 10.0 Å². The highest BCUT2D eigenvalue weighted by Gasteiger charge is 2.29. The van der Waals surface area contributed by atoms with Gasteiger partial charge in [0.25, 0.3) is 5.91 Å². The maximum atomic E-state index is 13.3. The fraction of sp³-hybridized carbons (Fsp3) is 0.481. The predicted octanol–water partition coefficient (Wildman–Crippen LogP) is 5.18. The molecule has 2 aromatic rings. The van der Waals surface area contributed by atoms with Crippen LogP contribution in [0.1, 0.15) is 46.4 Å². The van der Waals surface area contributed by atoms with Crippen LogP contribution < -0.4 is 9.47 Å². The minimum Gasteiger partial charge on any atom is -0.497 e. The van der Waals surface area contributed by atoms with E-state index in [1.807, 2.05) is 11.0 Å². The van der Waals surface area contributed by atoms with E-state index in [2.05, 4.69) is 4.90 Å². The minimum absolute atomic E-state index is 0.159. The van der Waals surface area contributed by atoms with Gasteiger partial charge in [0.05, 0.1) is 35.4 Å². The van der Waals surface area contributed by atoms with Gasteiger partial charge in [-0.05, 0) is 61.9 Å². The van der Waals surface area contributed by atoms with Gasteiger partial charge in [-0.1, -0.05) is 23.2 Å². The lowest BCUT2D eigenvalue weighted by molar-refractivity contribution is 0.0567. The zero-order valence-corrected chi connectivity index (χ0v) is 22.2. The third kappa shape index (κ3) is 6.44. The van der Waals surface area contributed by atoms with E-state index in [0.29, 0.717) is 40.4 Å². The zero-order valence-electron chi connectivity index (χ0n) is 20.7. The molecule has 2 saturated heterocycles. The highest BCUT2D eigenvalue weighted by molar-refractivity contribution is 6.42. The van der Waals surface area contributed by atoms with Crippen molar-refractivity contribution in [3.63, 3.8) is 0 Å². The number of hydrogen-bond donors (Lipinski definition) is 0. The monoisotopic (exact) mass is 534 g/mol. The molecule has 2 fully saturated rings. The first-order valence-corrected chi connectivity index (χ1v) is 13.0. The first-order chi connectivity index (χ1) is 17.4. The van der Waals surface area contributed by atoms with Crippen molar-refractivity contribution in [3.8, 4) is 11.5 Å². The topological polar surface area (TPSA) is 68.3 Å². The van der Waals surface area contributed by atoms with Gasteiger partial charge >= 0.3 is 5.97 Å². The van der Waals surface area contributed by atoms with Gasteiger partial charge in [-0.25, -0.2) is 4.79 Å². The van der Waals surface area contributed by atoms with E-state index in [1.165, 1.54) is 14.2 Å². The molecule has 0 atom stereocenters. The average molecular weight is 535 g/mol. The second-order valence-corrected chi connectivity index (χ2v) is 10.1. The van der Waals surface area contributed by atoms with Crippen LogP contribution in [-0.4, -0.2) is 74.7 Å². The smallest absolute Gasteiger partial charge is 0.338 e. The molecule has 0 unspecified atom stereocenters. The van der Waals surface area contributed by atoms with Crippen LogP contribution in [0.15, 0.2) is 36.4 Å². The van der Waals surface area contributed by atoms with Crippen molar-refractivity contribution in [2.24, 2.45) is 5.92 Å². The minimum atomic E-state index is -0.526. The molecular weight excluding hydrogens is 503 g/mol. The third-order valence-electron chi connectivity index (χ3n) is 7.01. The number of hydrogen-bond acceptors (Lipinski definition) is 6. The summed E-state index contributed by atoms with van der Waals surface area (Å²) in [5, 5.41) is 1.03. The van der Waals surface area contributed by atoms with Crippen molar-refractivity contribution in [1.82, 2.24) is 9.80 Å². The van der Waals surface area contributed by atoms with Crippen LogP contribution >= 0.6 is 23.2 Å². The average Bonchev–Trinajstić information content (AvgIpc) is 2.91. The summed E-state index contributed by atoms with van der Waals surface area (Å²) in [6, 6.07) is 10.2. The summed E-state index contributed by atoms with van der Waals surface area (Å²) in [7, 11) is 2.85. The van der Waals surface area contributed by atoms with Gasteiger partial charge in [-0.15, -0.1) is 0 Å². The van der Waals surface area contributed by atoms with Crippen LogP contribution in [0.5, 0.6) is 11.5 Å². The van der Waals surface area contributed by atoms with Gasteiger partial charge in [-0.3, -0.25) is 4.79 Å². The number of ether oxygens (including phenoxy) is 3. The molecule has 0 saturated carbocycles. The van der Waals surface area contributed by atoms with Gasteiger partial charge < -0.3 is 24.0 Å². The number of likely N-dealkylation sites (tertiary alicyclic amines) is 2. The Bertz CT molecular complexity index is 1080. The Labute approximate surface area is 222 Å². The number of piperidine rings is 2. The molecule has 0 aromatic heterocycles. The highest BCUT2D eigenvalue weighted by Crippen LogP contribution is 2.29. The van der Waals surface area contributed by atoms with E-state index in [0.717, 1.165) is 51.1 Å². The molecule has 7 nitrogen and oxygen atoms in total. The Kier molecular flexibility index (Phi) is 8.99. The molecule has 0 bridgehead atoms. The highest BCUT2D eigenvalue weighted by atomic mass is 35.5. The number of esters is 1. The Morgan fingerprint density at radius 2 is 1.56 bits per heavy atom. The standard InChI is InChI=1S/C27H32Cl2N2O5/c1-34-20-3-5-22(27(33)35-2)23(15-20)26(32)31-13-7-18(8-14-31)17-30-11-9-19(10-12-30)36-21-4-6-24(28)25(29)16-21/h3-6,15-16,18-19H,7-14,17H2,1-2H3. The number of benzene rings is 2. The van der Waals surface area contributed by atoms with Crippen LogP contribution in [-0.2, 0) is 4.74 Å². The van der Waals surface area contributed by atoms with Gasteiger partial charge in [0.2, 0.25) is 0 Å². The lowest BCUT2D eigenvalue weighted by atomic mass is 9.94. The SMILES string of the molecule is COC(=O)c1ccc(OC)cc1C(=O)N1CCC(CN2CCC(Oc3ccc(Cl)c(Cl)c3)CC2)CC1. The maximum absolute atomic E-state index is 13.3. The predicted molar refractivity (Wildman–Crippen MR) is 140 cm³/mol. The van der Waals surface area contributed by atoms with Crippen molar-refractivity contribution in [3.05, 3.63) is 57.6 Å².